The van der Waals surface area contributed by atoms with E-state index in [2.05, 4.69) is 44.9 Å². The van der Waals surface area contributed by atoms with Gasteiger partial charge in [0.05, 0.1) is 58.6 Å². The molecule has 80 heavy (non-hydrogen) atoms. The van der Waals surface area contributed by atoms with Gasteiger partial charge in [0.25, 0.3) is 0 Å². The molecule has 16 atom stereocenters. The minimum absolute atomic E-state index is 0.00335. The van der Waals surface area contributed by atoms with Gasteiger partial charge in [-0.1, -0.05) is 0 Å². The average Bonchev–Trinajstić information content (AvgIpc) is 4.32. The van der Waals surface area contributed by atoms with Crippen LogP contribution in [0.2, 0.25) is 0 Å². The first-order valence-corrected chi connectivity index (χ1v) is 29.5. The van der Waals surface area contributed by atoms with E-state index in [-0.39, 0.29) is 70.4 Å². The van der Waals surface area contributed by atoms with Gasteiger partial charge < -0.3 is 75.8 Å². The minimum Gasteiger partial charge on any atom is -0.394 e. The molecule has 0 bridgehead atoms. The lowest BCUT2D eigenvalue weighted by Gasteiger charge is -2.38. The van der Waals surface area contributed by atoms with E-state index in [9.17, 15) is 53.2 Å². The van der Waals surface area contributed by atoms with Crippen molar-refractivity contribution in [2.24, 2.45) is 0 Å². The number of hydrogen-bond donors (Lipinski definition) is 10. The highest BCUT2D eigenvalue weighted by atomic mass is 31.2. The second-order valence-corrected chi connectivity index (χ2v) is 23.4. The Bertz CT molecular complexity index is 3400. The Labute approximate surface area is 447 Å². The topological polar surface area (TPSA) is 539 Å². The van der Waals surface area contributed by atoms with E-state index in [0.29, 0.717) is 0 Å². The van der Waals surface area contributed by atoms with Crippen LogP contribution in [0.25, 0.3) is 33.5 Å². The highest BCUT2D eigenvalue weighted by Crippen LogP contribution is 2.58. The lowest BCUT2D eigenvalue weighted by Crippen LogP contribution is -2.51. The maximum absolute atomic E-state index is 14.3. The first-order chi connectivity index (χ1) is 38.1. The molecule has 13 N–H and O–H groups in total. The Morgan fingerprint density at radius 2 is 1.09 bits per heavy atom. The monoisotopic (exact) mass is 1210 g/mol. The normalized spacial score (nSPS) is 31.1. The Morgan fingerprint density at radius 1 is 0.613 bits per heavy atom. The predicted molar refractivity (Wildman–Crippen MR) is 259 cm³/mol. The van der Waals surface area contributed by atoms with Crippen molar-refractivity contribution in [2.75, 3.05) is 70.6 Å². The van der Waals surface area contributed by atoms with Crippen LogP contribution < -0.4 is 17.2 Å². The summed E-state index contributed by atoms with van der Waals surface area (Å²) in [5, 5.41) is 30.4. The molecule has 0 saturated carbocycles. The molecule has 4 fully saturated rings. The number of hydrogen-bond acceptors (Lipinski definition) is 32. The maximum atomic E-state index is 14.3. The van der Waals surface area contributed by atoms with Gasteiger partial charge in [-0.2, -0.15) is 0 Å². The molecule has 0 aromatic carbocycles. The van der Waals surface area contributed by atoms with Crippen LogP contribution in [0.15, 0.2) is 38.0 Å². The molecule has 10 heterocycles. The number of aromatic nitrogens is 12. The molecule has 4 saturated heterocycles. The Kier molecular flexibility index (Phi) is 16.8. The number of phosphoric ester groups is 4. The first-order valence-electron chi connectivity index (χ1n) is 23.5. The number of rotatable bonds is 24. The number of methoxy groups -OCH3 is 1. The third-order valence-corrected chi connectivity index (χ3v) is 16.7. The lowest BCUT2D eigenvalue weighted by molar-refractivity contribution is -0.165. The van der Waals surface area contributed by atoms with Crippen LogP contribution in [-0.2, 0) is 78.1 Å². The second-order valence-electron chi connectivity index (χ2n) is 17.7. The third kappa shape index (κ3) is 11.7. The summed E-state index contributed by atoms with van der Waals surface area (Å²) >= 11 is 0. The summed E-state index contributed by atoms with van der Waals surface area (Å²) in [6.07, 6.45) is -11.9. The number of anilines is 3. The smallest absolute Gasteiger partial charge is 0.394 e. The number of imidazole rings is 3. The Balaban J connectivity index is 0.904. The van der Waals surface area contributed by atoms with Crippen LogP contribution in [0.1, 0.15) is 31.5 Å². The van der Waals surface area contributed by atoms with Gasteiger partial charge in [-0.25, -0.2) is 63.1 Å². The van der Waals surface area contributed by atoms with Crippen molar-refractivity contribution < 1.29 is 113 Å². The van der Waals surface area contributed by atoms with Crippen LogP contribution in [-0.4, -0.2) is 201 Å². The van der Waals surface area contributed by atoms with Gasteiger partial charge in [0.1, 0.15) is 83.9 Å². The van der Waals surface area contributed by atoms with E-state index in [4.69, 9.17) is 77.1 Å². The molecule has 4 aliphatic rings. The van der Waals surface area contributed by atoms with E-state index < -0.39 is 144 Å². The van der Waals surface area contributed by atoms with Crippen molar-refractivity contribution in [2.45, 2.75) is 86.1 Å². The molecule has 0 aliphatic carbocycles. The van der Waals surface area contributed by atoms with Crippen molar-refractivity contribution in [1.82, 2.24) is 58.6 Å². The molecule has 6 aromatic heterocycles. The van der Waals surface area contributed by atoms with E-state index in [1.165, 1.54) is 10.9 Å². The third-order valence-electron chi connectivity index (χ3n) is 12.8. The molecule has 10 rings (SSSR count). The van der Waals surface area contributed by atoms with Gasteiger partial charge in [-0.15, -0.1) is 0 Å². The van der Waals surface area contributed by atoms with Crippen molar-refractivity contribution in [3.8, 4) is 0 Å². The molecule has 5 unspecified atom stereocenters. The van der Waals surface area contributed by atoms with Crippen LogP contribution in [0, 0.1) is 0 Å². The quantitative estimate of drug-likeness (QED) is 0.0307. The molecular weight excluding hydrogens is 1160 g/mol. The highest BCUT2D eigenvalue weighted by molar-refractivity contribution is 7.48. The fourth-order valence-electron chi connectivity index (χ4n) is 9.39. The lowest BCUT2D eigenvalue weighted by atomic mass is 9.89. The predicted octanol–water partition coefficient (Wildman–Crippen LogP) is -1.55. The summed E-state index contributed by atoms with van der Waals surface area (Å²) in [4.78, 5) is 80.9. The molecule has 0 radical (unpaired) electrons. The fourth-order valence-corrected chi connectivity index (χ4v) is 13.0. The van der Waals surface area contributed by atoms with Crippen molar-refractivity contribution in [1.29, 1.82) is 0 Å². The molecule has 39 nitrogen and oxygen atoms in total. The molecule has 6 aromatic rings. The summed E-state index contributed by atoms with van der Waals surface area (Å²) in [7, 11) is -20.0. The summed E-state index contributed by atoms with van der Waals surface area (Å²) in [6.45, 7) is -4.47. The largest absolute Gasteiger partial charge is 0.474 e. The van der Waals surface area contributed by atoms with Crippen LogP contribution in [0.5, 0.6) is 0 Å². The number of nitrogens with zero attached hydrogens (tertiary/aromatic N) is 12. The minimum atomic E-state index is -5.51. The first kappa shape index (κ1) is 58.4. The van der Waals surface area contributed by atoms with Gasteiger partial charge in [0.2, 0.25) is 0 Å². The van der Waals surface area contributed by atoms with Gasteiger partial charge in [-0.05, 0) is 12.8 Å². The SMILES string of the molecule is CO[C@@H]1[C@@H](OP(=O)(O)OCCO)O[C@@H](n2cnc3c(N)ncnc32)[C@@H]1OP(=O)(O)OC[C@H]1O[C@@H](n2cnc3c(N)ncnc32)[C@H](OP(=O)(O)OC[C@]23CCCO[C@H]2[C@@H](OP(=O)(O)OCCO)C(n2cnc4c(N)ncnc42)O3)[C@@H]1O. The highest BCUT2D eigenvalue weighted by Gasteiger charge is 2.62. The maximum Gasteiger partial charge on any atom is 0.474 e. The van der Waals surface area contributed by atoms with Crippen molar-refractivity contribution >= 4 is 82.2 Å². The number of fused-ring (bicyclic) bond motifs is 4. The zero-order valence-electron chi connectivity index (χ0n) is 41.1. The van der Waals surface area contributed by atoms with E-state index in [1.807, 2.05) is 0 Å². The molecule has 4 aliphatic heterocycles. The molecular formula is C37H51N15O24P4. The summed E-state index contributed by atoms with van der Waals surface area (Å²) in [5.41, 5.74) is 16.4. The van der Waals surface area contributed by atoms with Crippen molar-refractivity contribution in [3.63, 3.8) is 0 Å². The Morgan fingerprint density at radius 3 is 1.62 bits per heavy atom. The number of nitrogen functional groups attached to an aromatic ring is 3. The van der Waals surface area contributed by atoms with Crippen LogP contribution >= 0.6 is 31.3 Å². The van der Waals surface area contributed by atoms with Crippen LogP contribution in [0.3, 0.4) is 0 Å². The molecule has 43 heteroatoms. The van der Waals surface area contributed by atoms with E-state index in [1.54, 1.807) is 0 Å². The summed E-state index contributed by atoms with van der Waals surface area (Å²) in [5.74, 6) is -0.214. The number of nitrogens with two attached hydrogens (primary N) is 3. The number of ether oxygens (including phenoxy) is 5. The Hall–Kier alpha value is -4.83. The van der Waals surface area contributed by atoms with Gasteiger partial charge >= 0.3 is 31.3 Å². The summed E-state index contributed by atoms with van der Waals surface area (Å²) in [6, 6.07) is 0. The van der Waals surface area contributed by atoms with Crippen molar-refractivity contribution in [3.05, 3.63) is 38.0 Å². The zero-order chi connectivity index (χ0) is 56.9. The average molecular weight is 1210 g/mol. The second kappa shape index (κ2) is 23.1. The number of aliphatic hydroxyl groups is 3. The molecule has 0 spiro atoms. The van der Waals surface area contributed by atoms with Gasteiger partial charge in [0, 0.05) is 13.7 Å². The van der Waals surface area contributed by atoms with Gasteiger partial charge in [0.15, 0.2) is 59.4 Å². The van der Waals surface area contributed by atoms with E-state index in [0.717, 1.165) is 47.9 Å². The van der Waals surface area contributed by atoms with Crippen LogP contribution in [0.4, 0.5) is 17.5 Å². The van der Waals surface area contributed by atoms with Gasteiger partial charge in [-0.3, -0.25) is 49.9 Å². The molecule has 438 valence electrons. The summed E-state index contributed by atoms with van der Waals surface area (Å²) < 4.78 is 131. The molecule has 0 amide bonds. The van der Waals surface area contributed by atoms with E-state index >= 15 is 0 Å². The zero-order valence-corrected chi connectivity index (χ0v) is 44.7. The number of phosphoric acid groups is 4. The standard InChI is InChI=1S/C37H51N15O24P4/c1-64-24-23(34(71-36(24)76-78(58,59)67-8-5-54)51-15-48-19-28(39)42-12-45-31(19)51)74-79(60,61)68-9-17-21(55)22(33(70-17)50-14-47-18-27(38)41-11-44-30(18)50)73-80(62,63)69-10-37-3-2-6-65-26(37)25(75-77(56,57)66-7-4-53)35(72-37)52-16-49-20-29(40)43-13-46-32(20)52/h11-17,21-26,33-36,53-55H,2-10H2,1H3,(H,56,57)(H,58,59)(H,60,61)(H,62,63)(H2,38,41,44)(H2,39,42,45)(H2,40,43,46)/t17-,21-,22-,23-,24+,25-,26+,33-,34-,35?,36-,37-/m1/s1. The number of aliphatic hydroxyl groups excluding tert-OH is 3. The fraction of sp³-hybridized carbons (Fsp3) is 0.595.